The Morgan fingerprint density at radius 2 is 0.654 bits per heavy atom. The van der Waals surface area contributed by atoms with Gasteiger partial charge in [0, 0.05) is 21.5 Å². The summed E-state index contributed by atoms with van der Waals surface area (Å²) in [6.45, 7) is 0. The minimum atomic E-state index is 1.06. The van der Waals surface area contributed by atoms with Crippen molar-refractivity contribution >= 4 is 54.5 Å². The van der Waals surface area contributed by atoms with Crippen molar-refractivity contribution in [2.75, 3.05) is 4.90 Å². The maximum Gasteiger partial charge on any atom is 0.0468 e. The lowest BCUT2D eigenvalue weighted by Gasteiger charge is -2.27. The summed E-state index contributed by atoms with van der Waals surface area (Å²) in [5, 5.41) is 5.00. The fraction of sp³-hybridized carbons (Fsp3) is 0. The predicted molar refractivity (Wildman–Crippen MR) is 226 cm³/mol. The standard InChI is InChI=1S/C50H34BrN/c51-50-31-30-48(34-49(50)41-18-14-38(15-19-41)35-8-2-1-3-9-35)52(46-26-22-39(23-27-46)44-20-16-36-10-4-6-12-42(36)32-44)47-28-24-40(25-29-47)45-21-17-37-11-5-7-13-43(37)33-45/h1-34H. The molecule has 1 nitrogen and oxygen atoms in total. The van der Waals surface area contributed by atoms with Crippen molar-refractivity contribution in [2.24, 2.45) is 0 Å². The van der Waals surface area contributed by atoms with Gasteiger partial charge in [0.2, 0.25) is 0 Å². The van der Waals surface area contributed by atoms with Crippen LogP contribution in [0.4, 0.5) is 17.1 Å². The van der Waals surface area contributed by atoms with E-state index in [1.54, 1.807) is 0 Å². The Hall–Kier alpha value is -6.22. The van der Waals surface area contributed by atoms with Gasteiger partial charge in [-0.2, -0.15) is 0 Å². The summed E-state index contributed by atoms with van der Waals surface area (Å²) in [6, 6.07) is 74.3. The van der Waals surface area contributed by atoms with Crippen LogP contribution in [0.3, 0.4) is 0 Å². The van der Waals surface area contributed by atoms with Gasteiger partial charge < -0.3 is 4.90 Å². The topological polar surface area (TPSA) is 3.24 Å². The molecular formula is C50H34BrN. The van der Waals surface area contributed by atoms with E-state index in [1.165, 1.54) is 54.9 Å². The second-order valence-electron chi connectivity index (χ2n) is 13.2. The third-order valence-corrected chi connectivity index (χ3v) is 10.6. The molecule has 0 radical (unpaired) electrons. The van der Waals surface area contributed by atoms with Crippen LogP contribution in [0.15, 0.2) is 211 Å². The number of halogens is 1. The van der Waals surface area contributed by atoms with Gasteiger partial charge in [-0.25, -0.2) is 0 Å². The lowest BCUT2D eigenvalue weighted by Crippen LogP contribution is -2.10. The molecule has 0 aliphatic rings. The average Bonchev–Trinajstić information content (AvgIpc) is 3.22. The average molecular weight is 729 g/mol. The van der Waals surface area contributed by atoms with Crippen LogP contribution in [0.1, 0.15) is 0 Å². The molecule has 0 fully saturated rings. The van der Waals surface area contributed by atoms with Crippen molar-refractivity contribution in [1.29, 1.82) is 0 Å². The first-order chi connectivity index (χ1) is 25.7. The van der Waals surface area contributed by atoms with Crippen molar-refractivity contribution in [1.82, 2.24) is 0 Å². The predicted octanol–water partition coefficient (Wildman–Crippen LogP) is 14.9. The number of fused-ring (bicyclic) bond motifs is 2. The van der Waals surface area contributed by atoms with Crippen molar-refractivity contribution in [2.45, 2.75) is 0 Å². The van der Waals surface area contributed by atoms with E-state index in [-0.39, 0.29) is 0 Å². The number of anilines is 3. The first-order valence-electron chi connectivity index (χ1n) is 17.6. The van der Waals surface area contributed by atoms with Gasteiger partial charge in [-0.15, -0.1) is 0 Å². The monoisotopic (exact) mass is 727 g/mol. The molecule has 0 heterocycles. The van der Waals surface area contributed by atoms with Crippen LogP contribution in [0.5, 0.6) is 0 Å². The lowest BCUT2D eigenvalue weighted by atomic mass is 9.99. The van der Waals surface area contributed by atoms with E-state index in [4.69, 9.17) is 0 Å². The number of rotatable bonds is 7. The molecule has 246 valence electrons. The Morgan fingerprint density at radius 1 is 0.269 bits per heavy atom. The minimum Gasteiger partial charge on any atom is -0.310 e. The molecular weight excluding hydrogens is 694 g/mol. The number of benzene rings is 9. The van der Waals surface area contributed by atoms with Crippen LogP contribution < -0.4 is 4.90 Å². The molecule has 0 spiro atoms. The van der Waals surface area contributed by atoms with Gasteiger partial charge in [0.05, 0.1) is 0 Å². The molecule has 0 saturated heterocycles. The van der Waals surface area contributed by atoms with Crippen LogP contribution in [-0.2, 0) is 0 Å². The van der Waals surface area contributed by atoms with Crippen molar-refractivity contribution < 1.29 is 0 Å². The smallest absolute Gasteiger partial charge is 0.0468 e. The van der Waals surface area contributed by atoms with Crippen LogP contribution in [0.2, 0.25) is 0 Å². The molecule has 9 aromatic rings. The first-order valence-corrected chi connectivity index (χ1v) is 18.4. The van der Waals surface area contributed by atoms with Crippen molar-refractivity contribution in [3.8, 4) is 44.5 Å². The van der Waals surface area contributed by atoms with Gasteiger partial charge in [0.15, 0.2) is 0 Å². The van der Waals surface area contributed by atoms with Crippen LogP contribution >= 0.6 is 15.9 Å². The van der Waals surface area contributed by atoms with E-state index in [1.807, 2.05) is 0 Å². The Bertz CT molecular complexity index is 2540. The Kier molecular flexibility index (Phi) is 8.44. The fourth-order valence-corrected chi connectivity index (χ4v) is 7.61. The molecule has 0 bridgehead atoms. The van der Waals surface area contributed by atoms with E-state index in [0.29, 0.717) is 0 Å². The Balaban J connectivity index is 1.11. The summed E-state index contributed by atoms with van der Waals surface area (Å²) in [7, 11) is 0. The second-order valence-corrected chi connectivity index (χ2v) is 14.0. The molecule has 0 aliphatic carbocycles. The van der Waals surface area contributed by atoms with E-state index in [9.17, 15) is 0 Å². The number of hydrogen-bond donors (Lipinski definition) is 0. The number of nitrogens with zero attached hydrogens (tertiary/aromatic N) is 1. The highest BCUT2D eigenvalue weighted by atomic mass is 79.9. The zero-order valence-corrected chi connectivity index (χ0v) is 30.0. The molecule has 2 heteroatoms. The molecule has 52 heavy (non-hydrogen) atoms. The lowest BCUT2D eigenvalue weighted by molar-refractivity contribution is 1.28. The molecule has 0 amide bonds. The summed E-state index contributed by atoms with van der Waals surface area (Å²) in [5.41, 5.74) is 12.8. The van der Waals surface area contributed by atoms with Gasteiger partial charge in [0.25, 0.3) is 0 Å². The molecule has 0 aliphatic heterocycles. The summed E-state index contributed by atoms with van der Waals surface area (Å²) in [4.78, 5) is 2.35. The third kappa shape index (κ3) is 6.30. The van der Waals surface area contributed by atoms with Gasteiger partial charge in [-0.1, -0.05) is 168 Å². The minimum absolute atomic E-state index is 1.06. The summed E-state index contributed by atoms with van der Waals surface area (Å²) < 4.78 is 1.06. The SMILES string of the molecule is Brc1ccc(N(c2ccc(-c3ccc4ccccc4c3)cc2)c2ccc(-c3ccc4ccccc4c3)cc2)cc1-c1ccc(-c2ccccc2)cc1. The summed E-state index contributed by atoms with van der Waals surface area (Å²) in [5.74, 6) is 0. The van der Waals surface area contributed by atoms with Crippen LogP contribution in [0.25, 0.3) is 66.1 Å². The summed E-state index contributed by atoms with van der Waals surface area (Å²) in [6.07, 6.45) is 0. The molecule has 0 unspecified atom stereocenters. The third-order valence-electron chi connectivity index (χ3n) is 9.93. The highest BCUT2D eigenvalue weighted by Crippen LogP contribution is 2.41. The Labute approximate surface area is 313 Å². The highest BCUT2D eigenvalue weighted by molar-refractivity contribution is 9.10. The van der Waals surface area contributed by atoms with Gasteiger partial charge in [-0.3, -0.25) is 0 Å². The normalized spacial score (nSPS) is 11.2. The zero-order valence-electron chi connectivity index (χ0n) is 28.5. The molecule has 0 atom stereocenters. The van der Waals surface area contributed by atoms with Crippen LogP contribution in [0, 0.1) is 0 Å². The van der Waals surface area contributed by atoms with E-state index >= 15 is 0 Å². The molecule has 9 aromatic carbocycles. The maximum atomic E-state index is 3.88. The molecule has 0 saturated carbocycles. The molecule has 9 rings (SSSR count). The van der Waals surface area contributed by atoms with E-state index < -0.39 is 0 Å². The summed E-state index contributed by atoms with van der Waals surface area (Å²) >= 11 is 3.88. The van der Waals surface area contributed by atoms with E-state index in [0.717, 1.165) is 32.7 Å². The Morgan fingerprint density at radius 3 is 1.19 bits per heavy atom. The van der Waals surface area contributed by atoms with Crippen molar-refractivity contribution in [3.63, 3.8) is 0 Å². The fourth-order valence-electron chi connectivity index (χ4n) is 7.14. The van der Waals surface area contributed by atoms with Gasteiger partial charge in [0.1, 0.15) is 0 Å². The molecule has 0 N–H and O–H groups in total. The van der Waals surface area contributed by atoms with Crippen molar-refractivity contribution in [3.05, 3.63) is 211 Å². The zero-order chi connectivity index (χ0) is 34.9. The quantitative estimate of drug-likeness (QED) is 0.158. The molecule has 0 aromatic heterocycles. The van der Waals surface area contributed by atoms with Gasteiger partial charge >= 0.3 is 0 Å². The largest absolute Gasteiger partial charge is 0.310 e. The maximum absolute atomic E-state index is 3.88. The van der Waals surface area contributed by atoms with Crippen LogP contribution in [-0.4, -0.2) is 0 Å². The second kappa shape index (κ2) is 13.8. The highest BCUT2D eigenvalue weighted by Gasteiger charge is 2.16. The van der Waals surface area contributed by atoms with E-state index in [2.05, 4.69) is 227 Å². The number of hydrogen-bond acceptors (Lipinski definition) is 1. The van der Waals surface area contributed by atoms with Gasteiger partial charge in [-0.05, 0) is 121 Å². The first kappa shape index (κ1) is 31.7.